The fourth-order valence-electron chi connectivity index (χ4n) is 3.61. The first-order chi connectivity index (χ1) is 14.9. The van der Waals surface area contributed by atoms with Gasteiger partial charge in [-0.1, -0.05) is 12.1 Å². The molecule has 2 aliphatic rings. The van der Waals surface area contributed by atoms with Crippen LogP contribution >= 0.6 is 23.5 Å². The number of amides is 1. The summed E-state index contributed by atoms with van der Waals surface area (Å²) >= 11 is 3.12. The smallest absolute Gasteiger partial charge is 0.315 e. The van der Waals surface area contributed by atoms with Gasteiger partial charge in [0, 0.05) is 28.6 Å². The van der Waals surface area contributed by atoms with Crippen LogP contribution in [-0.4, -0.2) is 53.4 Å². The minimum atomic E-state index is -0.810. The molecule has 7 nitrogen and oxygen atoms in total. The minimum Gasteiger partial charge on any atom is -0.497 e. The number of carbonyl (C=O) groups excluding carboxylic acids is 2. The summed E-state index contributed by atoms with van der Waals surface area (Å²) in [5, 5.41) is -0.0588. The predicted octanol–water partition coefficient (Wildman–Crippen LogP) is 2.34. The third kappa shape index (κ3) is 4.49. The van der Waals surface area contributed by atoms with Crippen molar-refractivity contribution in [3.05, 3.63) is 54.1 Å². The van der Waals surface area contributed by atoms with Crippen molar-refractivity contribution >= 4 is 41.1 Å². The van der Waals surface area contributed by atoms with Crippen LogP contribution in [0, 0.1) is 5.41 Å². The fraction of sp³-hybridized carbons (Fsp3) is 0.364. The second-order valence-electron chi connectivity index (χ2n) is 7.76. The number of nitrogen functional groups attached to an aromatic ring is 1. The van der Waals surface area contributed by atoms with Gasteiger partial charge in [-0.05, 0) is 42.0 Å². The lowest BCUT2D eigenvalue weighted by atomic mass is 9.89. The van der Waals surface area contributed by atoms with Gasteiger partial charge in [-0.25, -0.2) is 0 Å². The summed E-state index contributed by atoms with van der Waals surface area (Å²) < 4.78 is 10.9. The molecule has 1 amide bonds. The molecule has 9 heteroatoms. The molecule has 2 aromatic carbocycles. The highest BCUT2D eigenvalue weighted by Gasteiger charge is 2.56. The molecule has 31 heavy (non-hydrogen) atoms. The molecular weight excluding hydrogens is 434 g/mol. The SMILES string of the molecule is COc1ccc(COC(=O)C2(CSc3ccc(N)cc3)CS[C@@H]3C(N)C(=O)N3C2)cc1. The molecule has 0 spiro atoms. The summed E-state index contributed by atoms with van der Waals surface area (Å²) in [7, 11) is 1.61. The van der Waals surface area contributed by atoms with Crippen molar-refractivity contribution in [3.63, 3.8) is 0 Å². The maximum Gasteiger partial charge on any atom is 0.315 e. The highest BCUT2D eigenvalue weighted by molar-refractivity contribution is 8.00. The molecule has 4 N–H and O–H groups in total. The number of β-lactam (4-membered cyclic amide) rings is 1. The van der Waals surface area contributed by atoms with Gasteiger partial charge in [-0.3, -0.25) is 9.59 Å². The number of ether oxygens (including phenoxy) is 2. The molecule has 164 valence electrons. The van der Waals surface area contributed by atoms with Crippen molar-refractivity contribution < 1.29 is 19.1 Å². The van der Waals surface area contributed by atoms with Crippen LogP contribution < -0.4 is 16.2 Å². The topological polar surface area (TPSA) is 108 Å². The number of hydrogen-bond acceptors (Lipinski definition) is 8. The van der Waals surface area contributed by atoms with Crippen molar-refractivity contribution in [1.29, 1.82) is 0 Å². The zero-order valence-corrected chi connectivity index (χ0v) is 18.8. The average Bonchev–Trinajstić information content (AvgIpc) is 2.81. The maximum absolute atomic E-state index is 13.3. The third-order valence-electron chi connectivity index (χ3n) is 5.54. The van der Waals surface area contributed by atoms with Gasteiger partial charge in [0.15, 0.2) is 0 Å². The van der Waals surface area contributed by atoms with Gasteiger partial charge in [-0.15, -0.1) is 23.5 Å². The molecule has 0 radical (unpaired) electrons. The number of methoxy groups -OCH3 is 1. The van der Waals surface area contributed by atoms with Crippen LogP contribution in [0.5, 0.6) is 5.75 Å². The number of nitrogens with two attached hydrogens (primary N) is 2. The molecule has 2 unspecified atom stereocenters. The first-order valence-electron chi connectivity index (χ1n) is 9.88. The van der Waals surface area contributed by atoms with Crippen LogP contribution in [0.1, 0.15) is 5.56 Å². The second kappa shape index (κ2) is 9.02. The van der Waals surface area contributed by atoms with Crippen LogP contribution in [0.4, 0.5) is 5.69 Å². The van der Waals surface area contributed by atoms with Crippen LogP contribution in [-0.2, 0) is 20.9 Å². The Bertz CT molecular complexity index is 954. The molecule has 2 fully saturated rings. The standard InChI is InChI=1S/C22H25N3O4S2/c1-28-16-6-2-14(3-7-16)10-29-21(27)22(12-30-17-8-4-15(23)5-9-17)11-25-19(26)18(24)20(25)31-13-22/h2-9,18,20H,10-13,23-24H2,1H3/t18?,20-,22?/m1/s1. The van der Waals surface area contributed by atoms with E-state index in [1.165, 1.54) is 0 Å². The zero-order valence-electron chi connectivity index (χ0n) is 17.2. The van der Waals surface area contributed by atoms with E-state index in [-0.39, 0.29) is 23.9 Å². The van der Waals surface area contributed by atoms with Crippen molar-refractivity contribution in [1.82, 2.24) is 4.90 Å². The number of benzene rings is 2. The summed E-state index contributed by atoms with van der Waals surface area (Å²) in [6.45, 7) is 0.485. The van der Waals surface area contributed by atoms with Crippen LogP contribution in [0.3, 0.4) is 0 Å². The Hall–Kier alpha value is -2.36. The number of esters is 1. The first-order valence-corrected chi connectivity index (χ1v) is 11.9. The Morgan fingerprint density at radius 3 is 2.61 bits per heavy atom. The van der Waals surface area contributed by atoms with Crippen molar-refractivity contribution in [2.24, 2.45) is 11.1 Å². The van der Waals surface area contributed by atoms with E-state index in [4.69, 9.17) is 20.9 Å². The molecule has 0 aromatic heterocycles. The lowest BCUT2D eigenvalue weighted by Crippen LogP contribution is -2.72. The molecule has 2 aliphatic heterocycles. The van der Waals surface area contributed by atoms with E-state index in [9.17, 15) is 9.59 Å². The van der Waals surface area contributed by atoms with E-state index in [1.807, 2.05) is 48.5 Å². The van der Waals surface area contributed by atoms with Crippen LogP contribution in [0.2, 0.25) is 0 Å². The fourth-order valence-corrected chi connectivity index (χ4v) is 6.30. The van der Waals surface area contributed by atoms with Crippen LogP contribution in [0.15, 0.2) is 53.4 Å². The number of fused-ring (bicyclic) bond motifs is 1. The number of carbonyl (C=O) groups is 2. The van der Waals surface area contributed by atoms with E-state index in [2.05, 4.69) is 0 Å². The van der Waals surface area contributed by atoms with E-state index in [1.54, 1.807) is 35.5 Å². The monoisotopic (exact) mass is 459 g/mol. The van der Waals surface area contributed by atoms with Gasteiger partial charge in [0.1, 0.15) is 29.2 Å². The highest BCUT2D eigenvalue weighted by Crippen LogP contribution is 2.44. The molecule has 3 atom stereocenters. The predicted molar refractivity (Wildman–Crippen MR) is 123 cm³/mol. The summed E-state index contributed by atoms with van der Waals surface area (Å²) in [6, 6.07) is 14.4. The Morgan fingerprint density at radius 2 is 1.94 bits per heavy atom. The van der Waals surface area contributed by atoms with Gasteiger partial charge < -0.3 is 25.8 Å². The highest BCUT2D eigenvalue weighted by atomic mass is 32.2. The molecule has 4 rings (SSSR count). The summed E-state index contributed by atoms with van der Waals surface area (Å²) in [4.78, 5) is 28.3. The van der Waals surface area contributed by atoms with Crippen molar-refractivity contribution in [2.75, 3.05) is 30.9 Å². The molecule has 2 aromatic rings. The minimum absolute atomic E-state index is 0.0588. The number of rotatable bonds is 7. The zero-order chi connectivity index (χ0) is 22.0. The molecule has 0 bridgehead atoms. The van der Waals surface area contributed by atoms with E-state index < -0.39 is 11.5 Å². The Morgan fingerprint density at radius 1 is 1.23 bits per heavy atom. The lowest BCUT2D eigenvalue weighted by Gasteiger charge is -2.53. The molecule has 0 saturated carbocycles. The van der Waals surface area contributed by atoms with E-state index >= 15 is 0 Å². The van der Waals surface area contributed by atoms with Gasteiger partial charge in [-0.2, -0.15) is 0 Å². The Labute approximate surface area is 189 Å². The quantitative estimate of drug-likeness (QED) is 0.281. The summed E-state index contributed by atoms with van der Waals surface area (Å²) in [6.07, 6.45) is 0. The van der Waals surface area contributed by atoms with Crippen LogP contribution in [0.25, 0.3) is 0 Å². The second-order valence-corrected chi connectivity index (χ2v) is 9.91. The van der Waals surface area contributed by atoms with E-state index in [0.29, 0.717) is 23.7 Å². The van der Waals surface area contributed by atoms with Gasteiger partial charge in [0.2, 0.25) is 5.91 Å². The molecule has 2 heterocycles. The van der Waals surface area contributed by atoms with Gasteiger partial charge in [0.25, 0.3) is 0 Å². The normalized spacial score (nSPS) is 24.8. The Balaban J connectivity index is 1.47. The average molecular weight is 460 g/mol. The molecule has 2 saturated heterocycles. The Kier molecular flexibility index (Phi) is 6.36. The molecular formula is C22H25N3O4S2. The lowest BCUT2D eigenvalue weighted by molar-refractivity contribution is -0.160. The third-order valence-corrected chi connectivity index (χ3v) is 8.45. The number of hydrogen-bond donors (Lipinski definition) is 2. The number of nitrogens with zero attached hydrogens (tertiary/aromatic N) is 1. The number of thioether (sulfide) groups is 2. The first kappa shape index (κ1) is 21.9. The largest absolute Gasteiger partial charge is 0.497 e. The van der Waals surface area contributed by atoms with Crippen molar-refractivity contribution in [2.45, 2.75) is 22.9 Å². The van der Waals surface area contributed by atoms with E-state index in [0.717, 1.165) is 16.2 Å². The van der Waals surface area contributed by atoms with Crippen molar-refractivity contribution in [3.8, 4) is 5.75 Å². The summed E-state index contributed by atoms with van der Waals surface area (Å²) in [5.74, 6) is 1.39. The molecule has 0 aliphatic carbocycles. The maximum atomic E-state index is 13.3. The summed E-state index contributed by atoms with van der Waals surface area (Å²) in [5.41, 5.74) is 12.4. The van der Waals surface area contributed by atoms with Gasteiger partial charge in [0.05, 0.1) is 7.11 Å². The number of anilines is 1. The van der Waals surface area contributed by atoms with Gasteiger partial charge >= 0.3 is 5.97 Å².